The SMILES string of the molecule is C=C(C)C(=O)Cc1ccnc(OC(=O)CN2C(=O)c3cc(Oc4ccc(C(C)(C)C)cc4)c4c5c(Oc6ccc(C(C)(C)C)cc6)cc6c7c(cc(Oc8ccc(C(C)(C)C)cc8)c(c8c(Oc9ccc(C(C)(C)C)cc9)cc(c3c48)C2=O)c75)C(=O)N(CC(=O)Oc2cc(NC(=O)C(=C)C)ccn2)C6=O)c1. The van der Waals surface area contributed by atoms with Crippen LogP contribution in [0.3, 0.4) is 0 Å². The average molecular weight is 1420 g/mol. The summed E-state index contributed by atoms with van der Waals surface area (Å²) in [5.74, 6) is -5.56. The summed E-state index contributed by atoms with van der Waals surface area (Å²) in [6, 6.07) is 41.6. The lowest BCUT2D eigenvalue weighted by Crippen LogP contribution is -2.44. The van der Waals surface area contributed by atoms with Gasteiger partial charge in [-0.05, 0) is 154 Å². The number of hydrogen-bond acceptors (Lipinski definition) is 16. The molecule has 13 rings (SSSR count). The minimum atomic E-state index is -1.06. The highest BCUT2D eigenvalue weighted by atomic mass is 16.5. The number of ether oxygens (including phenoxy) is 6. The van der Waals surface area contributed by atoms with Gasteiger partial charge in [-0.25, -0.2) is 19.6 Å². The van der Waals surface area contributed by atoms with E-state index in [4.69, 9.17) is 28.4 Å². The smallest absolute Gasteiger partial charge is 0.332 e. The van der Waals surface area contributed by atoms with Crippen molar-refractivity contribution in [2.24, 2.45) is 0 Å². The molecule has 2 aliphatic rings. The summed E-state index contributed by atoms with van der Waals surface area (Å²) >= 11 is 0. The summed E-state index contributed by atoms with van der Waals surface area (Å²) in [7, 11) is 0. The number of nitrogens with one attached hydrogen (secondary N) is 1. The Kier molecular flexibility index (Phi) is 18.4. The fraction of sp³-hybridized carbons (Fsp3) is 0.241. The van der Waals surface area contributed by atoms with Gasteiger partial charge in [0.05, 0.1) is 22.3 Å². The number of pyridine rings is 2. The molecular formula is C87H79N5O14. The molecule has 106 heavy (non-hydrogen) atoms. The van der Waals surface area contributed by atoms with E-state index in [1.54, 1.807) is 61.5 Å². The van der Waals surface area contributed by atoms with Crippen molar-refractivity contribution < 1.29 is 66.8 Å². The first-order valence-electron chi connectivity index (χ1n) is 34.7. The first-order chi connectivity index (χ1) is 50.0. The quantitative estimate of drug-likeness (QED) is 0.0260. The summed E-state index contributed by atoms with van der Waals surface area (Å²) in [5, 5.41) is 4.23. The molecule has 0 atom stereocenters. The predicted molar refractivity (Wildman–Crippen MR) is 406 cm³/mol. The maximum absolute atomic E-state index is 15.9. The molecule has 0 saturated heterocycles. The Balaban J connectivity index is 1.12. The lowest BCUT2D eigenvalue weighted by Gasteiger charge is -2.32. The molecule has 0 bridgehead atoms. The molecule has 536 valence electrons. The topological polar surface area (TPSA) is 236 Å². The molecule has 0 saturated carbocycles. The van der Waals surface area contributed by atoms with E-state index in [2.05, 4.69) is 112 Å². The van der Waals surface area contributed by atoms with Gasteiger partial charge in [0, 0.05) is 85.3 Å². The number of aromatic nitrogens is 2. The number of allylic oxidation sites excluding steroid dienone is 1. The highest BCUT2D eigenvalue weighted by Crippen LogP contribution is 2.58. The zero-order chi connectivity index (χ0) is 76.0. The molecule has 0 radical (unpaired) electrons. The minimum Gasteiger partial charge on any atom is -0.457 e. The summed E-state index contributed by atoms with van der Waals surface area (Å²) in [5.41, 5.74) is 3.69. The first-order valence-corrected chi connectivity index (χ1v) is 34.7. The van der Waals surface area contributed by atoms with Gasteiger partial charge >= 0.3 is 11.9 Å². The third kappa shape index (κ3) is 14.0. The minimum absolute atomic E-state index is 0.0203. The van der Waals surface area contributed by atoms with E-state index in [1.807, 2.05) is 48.5 Å². The maximum atomic E-state index is 15.9. The van der Waals surface area contributed by atoms with Crippen LogP contribution in [0.4, 0.5) is 5.69 Å². The third-order valence-electron chi connectivity index (χ3n) is 18.9. The number of benzene rings is 9. The number of carbonyl (C=O) groups excluding carboxylic acids is 8. The summed E-state index contributed by atoms with van der Waals surface area (Å²) < 4.78 is 40.4. The molecule has 2 aliphatic heterocycles. The molecule has 0 unspecified atom stereocenters. The van der Waals surface area contributed by atoms with Crippen LogP contribution in [-0.2, 0) is 47.3 Å². The van der Waals surface area contributed by atoms with Crippen LogP contribution < -0.4 is 33.7 Å². The maximum Gasteiger partial charge on any atom is 0.332 e. The number of rotatable bonds is 19. The van der Waals surface area contributed by atoms with Gasteiger partial charge in [-0.15, -0.1) is 0 Å². The van der Waals surface area contributed by atoms with Gasteiger partial charge < -0.3 is 33.7 Å². The number of nitrogens with zero attached hydrogens (tertiary/aromatic N) is 4. The number of amides is 5. The van der Waals surface area contributed by atoms with Gasteiger partial charge in [0.2, 0.25) is 11.8 Å². The second-order valence-corrected chi connectivity index (χ2v) is 31.0. The van der Waals surface area contributed by atoms with Crippen LogP contribution in [0.2, 0.25) is 0 Å². The molecule has 19 heteroatoms. The van der Waals surface area contributed by atoms with Gasteiger partial charge in [-0.2, -0.15) is 0 Å². The van der Waals surface area contributed by atoms with E-state index in [0.29, 0.717) is 34.1 Å². The standard InChI is InChI=1S/C87H79N5O14/c1-46(2)62(93)37-48-33-35-88-67(38-48)105-69(94)44-91-80(97)58-40-63(101-54-25-17-49(18-26-54)84(5,6)7)73-75-65(103-56-29-21-51(22-30-56)86(11,12)13)42-60-72-61(83(100)92(82(60)99)45-70(95)106-68-39-53(34-36-89-68)90-79(96)47(3)4)43-66(104-57-31-23-52(24-32-57)87(14,15)16)76(78(72)75)74-64(41-59(81(91)98)71(58)77(73)74)102-55-27-19-50(20-28-55)85(8,9)10/h17-36,38-43H,1,3,37,44-45H2,2,4-16H3,(H,89,90,96). The Hall–Kier alpha value is -12.4. The highest BCUT2D eigenvalue weighted by molar-refractivity contribution is 6.45. The van der Waals surface area contributed by atoms with Crippen LogP contribution >= 0.6 is 0 Å². The second kappa shape index (κ2) is 27.0. The zero-order valence-corrected chi connectivity index (χ0v) is 61.6. The Morgan fingerprint density at radius 2 is 0.689 bits per heavy atom. The normalized spacial score (nSPS) is 13.2. The van der Waals surface area contributed by atoms with Crippen LogP contribution in [0, 0.1) is 0 Å². The van der Waals surface area contributed by atoms with Crippen molar-refractivity contribution in [3.8, 4) is 57.8 Å². The summed E-state index contributed by atoms with van der Waals surface area (Å²) in [6.45, 7) is 33.7. The van der Waals surface area contributed by atoms with Crippen LogP contribution in [-0.4, -0.2) is 80.1 Å². The van der Waals surface area contributed by atoms with Crippen molar-refractivity contribution in [2.75, 3.05) is 18.4 Å². The number of esters is 2. The second-order valence-electron chi connectivity index (χ2n) is 31.0. The van der Waals surface area contributed by atoms with Gasteiger partial charge in [0.25, 0.3) is 29.5 Å². The fourth-order valence-corrected chi connectivity index (χ4v) is 13.1. The number of ketones is 1. The highest BCUT2D eigenvalue weighted by Gasteiger charge is 2.43. The Morgan fingerprint density at radius 3 is 0.981 bits per heavy atom. The number of Topliss-reactive ketones (excluding diaryl/α,β-unsaturated/α-hetero) is 1. The lowest BCUT2D eigenvalue weighted by atomic mass is 9.80. The molecule has 1 N–H and O–H groups in total. The molecule has 0 aliphatic carbocycles. The largest absolute Gasteiger partial charge is 0.457 e. The van der Waals surface area contributed by atoms with E-state index in [0.717, 1.165) is 32.1 Å². The molecule has 11 aromatic rings. The molecule has 0 spiro atoms. The van der Waals surface area contributed by atoms with Crippen LogP contribution in [0.5, 0.6) is 57.8 Å². The predicted octanol–water partition coefficient (Wildman–Crippen LogP) is 18.5. The molecule has 0 fully saturated rings. The van der Waals surface area contributed by atoms with Crippen molar-refractivity contribution in [2.45, 2.75) is 125 Å². The Labute approximate surface area is 613 Å². The van der Waals surface area contributed by atoms with Crippen LogP contribution in [0.1, 0.15) is 166 Å². The Bertz CT molecular complexity index is 4960. The molecule has 9 aromatic carbocycles. The molecule has 19 nitrogen and oxygen atoms in total. The van der Waals surface area contributed by atoms with Gasteiger partial charge in [-0.1, -0.05) is 145 Å². The number of imide groups is 2. The van der Waals surface area contributed by atoms with Gasteiger partial charge in [0.1, 0.15) is 59.1 Å². The van der Waals surface area contributed by atoms with E-state index in [1.165, 1.54) is 61.8 Å². The van der Waals surface area contributed by atoms with Gasteiger partial charge in [-0.3, -0.25) is 38.6 Å². The van der Waals surface area contributed by atoms with Crippen molar-refractivity contribution in [1.82, 2.24) is 19.8 Å². The lowest BCUT2D eigenvalue weighted by molar-refractivity contribution is -0.135. The summed E-state index contributed by atoms with van der Waals surface area (Å²) in [4.78, 5) is 128. The zero-order valence-electron chi connectivity index (χ0n) is 61.6. The fourth-order valence-electron chi connectivity index (χ4n) is 13.1. The molecule has 4 heterocycles. The third-order valence-corrected chi connectivity index (χ3v) is 18.9. The van der Waals surface area contributed by atoms with E-state index < -0.39 is 54.6 Å². The number of anilines is 1. The van der Waals surface area contributed by atoms with Crippen molar-refractivity contribution in [3.63, 3.8) is 0 Å². The number of hydrogen-bond donors (Lipinski definition) is 1. The van der Waals surface area contributed by atoms with Gasteiger partial charge in [0.15, 0.2) is 5.78 Å². The van der Waals surface area contributed by atoms with Crippen molar-refractivity contribution in [3.05, 3.63) is 232 Å². The first kappa shape index (κ1) is 72.0. The van der Waals surface area contributed by atoms with Crippen LogP contribution in [0.15, 0.2) is 182 Å². The molecule has 5 amide bonds. The molecular weight excluding hydrogens is 1340 g/mol. The summed E-state index contributed by atoms with van der Waals surface area (Å²) in [6.07, 6.45) is 2.64. The van der Waals surface area contributed by atoms with E-state index >= 15 is 19.2 Å². The van der Waals surface area contributed by atoms with Crippen molar-refractivity contribution >= 4 is 96.0 Å². The number of fused-ring (bicyclic) bond motifs is 2. The van der Waals surface area contributed by atoms with Crippen molar-refractivity contribution in [1.29, 1.82) is 0 Å². The van der Waals surface area contributed by atoms with E-state index in [9.17, 15) is 19.2 Å². The van der Waals surface area contributed by atoms with E-state index in [-0.39, 0.29) is 145 Å². The number of carbonyl (C=O) groups is 8. The Morgan fingerprint density at radius 1 is 0.387 bits per heavy atom. The van der Waals surface area contributed by atoms with Crippen LogP contribution in [0.25, 0.3) is 43.1 Å². The molecule has 2 aromatic heterocycles. The average Bonchev–Trinajstić information content (AvgIpc) is 0.672. The monoisotopic (exact) mass is 1420 g/mol.